The van der Waals surface area contributed by atoms with Crippen LogP contribution in [0.15, 0.2) is 24.3 Å². The summed E-state index contributed by atoms with van der Waals surface area (Å²) in [6.45, 7) is 5.70. The maximum atomic E-state index is 5.79. The Morgan fingerprint density at radius 3 is 2.85 bits per heavy atom. The van der Waals surface area contributed by atoms with Gasteiger partial charge in [-0.3, -0.25) is 0 Å². The highest BCUT2D eigenvalue weighted by atomic mass is 16.5. The molecule has 0 saturated carbocycles. The summed E-state index contributed by atoms with van der Waals surface area (Å²) in [4.78, 5) is 2.63. The van der Waals surface area contributed by atoms with Gasteiger partial charge in [0.15, 0.2) is 0 Å². The molecule has 110 valence electrons. The molecule has 1 unspecified atom stereocenters. The molecule has 2 aliphatic rings. The van der Waals surface area contributed by atoms with Gasteiger partial charge in [0, 0.05) is 18.0 Å². The number of nitrogens with zero attached hydrogens (tertiary/aromatic N) is 1. The Hall–Kier alpha value is -1.06. The predicted octanol–water partition coefficient (Wildman–Crippen LogP) is 2.48. The van der Waals surface area contributed by atoms with Crippen molar-refractivity contribution >= 4 is 0 Å². The molecule has 0 aliphatic carbocycles. The number of likely N-dealkylation sites (tertiary alicyclic amines) is 1. The van der Waals surface area contributed by atoms with Gasteiger partial charge in [-0.05, 0) is 57.9 Å². The van der Waals surface area contributed by atoms with Crippen LogP contribution in [0.2, 0.25) is 0 Å². The molecule has 0 spiro atoms. The molecule has 0 bridgehead atoms. The molecule has 0 amide bonds. The van der Waals surface area contributed by atoms with Crippen molar-refractivity contribution in [3.63, 3.8) is 0 Å². The van der Waals surface area contributed by atoms with Crippen LogP contribution >= 0.6 is 0 Å². The Kier molecular flexibility index (Phi) is 4.58. The zero-order chi connectivity index (χ0) is 13.8. The Labute approximate surface area is 122 Å². The van der Waals surface area contributed by atoms with Gasteiger partial charge >= 0.3 is 0 Å². The van der Waals surface area contributed by atoms with Gasteiger partial charge in [0.2, 0.25) is 0 Å². The van der Waals surface area contributed by atoms with Crippen molar-refractivity contribution < 1.29 is 4.74 Å². The summed E-state index contributed by atoms with van der Waals surface area (Å²) in [6, 6.07) is 8.52. The van der Waals surface area contributed by atoms with Gasteiger partial charge in [-0.15, -0.1) is 0 Å². The fraction of sp³-hybridized carbons (Fsp3) is 0.647. The normalized spacial score (nSPS) is 23.6. The largest absolute Gasteiger partial charge is 0.493 e. The molecule has 3 nitrogen and oxygen atoms in total. The number of hydrogen-bond acceptors (Lipinski definition) is 3. The van der Waals surface area contributed by atoms with Crippen LogP contribution in [-0.4, -0.2) is 44.7 Å². The SMILES string of the molecule is CNCCC1CCN(CC2COc3ccccc32)CC1. The second kappa shape index (κ2) is 6.59. The van der Waals surface area contributed by atoms with Gasteiger partial charge in [-0.1, -0.05) is 18.2 Å². The summed E-state index contributed by atoms with van der Waals surface area (Å²) >= 11 is 0. The van der Waals surface area contributed by atoms with Gasteiger partial charge in [0.25, 0.3) is 0 Å². The third-order valence-corrected chi connectivity index (χ3v) is 4.79. The van der Waals surface area contributed by atoms with Crippen LogP contribution in [-0.2, 0) is 0 Å². The van der Waals surface area contributed by atoms with E-state index in [1.165, 1.54) is 37.9 Å². The number of para-hydroxylation sites is 1. The van der Waals surface area contributed by atoms with Crippen LogP contribution in [0.4, 0.5) is 0 Å². The van der Waals surface area contributed by atoms with E-state index in [-0.39, 0.29) is 0 Å². The first-order valence-corrected chi connectivity index (χ1v) is 7.95. The van der Waals surface area contributed by atoms with E-state index in [9.17, 15) is 0 Å². The van der Waals surface area contributed by atoms with E-state index in [2.05, 4.69) is 34.5 Å². The van der Waals surface area contributed by atoms with Gasteiger partial charge in [-0.2, -0.15) is 0 Å². The topological polar surface area (TPSA) is 24.5 Å². The lowest BCUT2D eigenvalue weighted by molar-refractivity contribution is 0.163. The Morgan fingerprint density at radius 2 is 2.05 bits per heavy atom. The average Bonchev–Trinajstić information content (AvgIpc) is 2.90. The van der Waals surface area contributed by atoms with Gasteiger partial charge in [-0.25, -0.2) is 0 Å². The Morgan fingerprint density at radius 1 is 1.25 bits per heavy atom. The van der Waals surface area contributed by atoms with Crippen molar-refractivity contribution in [2.45, 2.75) is 25.2 Å². The van der Waals surface area contributed by atoms with Crippen molar-refractivity contribution in [2.24, 2.45) is 5.92 Å². The van der Waals surface area contributed by atoms with E-state index in [0.29, 0.717) is 5.92 Å². The van der Waals surface area contributed by atoms with Crippen LogP contribution in [0.5, 0.6) is 5.75 Å². The van der Waals surface area contributed by atoms with Gasteiger partial charge in [0.05, 0.1) is 6.61 Å². The zero-order valence-electron chi connectivity index (χ0n) is 12.5. The fourth-order valence-corrected chi connectivity index (χ4v) is 3.50. The third kappa shape index (κ3) is 3.15. The van der Waals surface area contributed by atoms with Crippen LogP contribution in [0, 0.1) is 5.92 Å². The molecule has 1 aromatic rings. The summed E-state index contributed by atoms with van der Waals surface area (Å²) in [7, 11) is 2.05. The van der Waals surface area contributed by atoms with Crippen molar-refractivity contribution in [1.82, 2.24) is 10.2 Å². The number of rotatable bonds is 5. The zero-order valence-corrected chi connectivity index (χ0v) is 12.5. The van der Waals surface area contributed by atoms with Crippen molar-refractivity contribution in [3.8, 4) is 5.75 Å². The molecular formula is C17H26N2O. The molecule has 1 fully saturated rings. The maximum Gasteiger partial charge on any atom is 0.122 e. The number of hydrogen-bond donors (Lipinski definition) is 1. The molecule has 20 heavy (non-hydrogen) atoms. The lowest BCUT2D eigenvalue weighted by Crippen LogP contribution is -2.37. The van der Waals surface area contributed by atoms with Crippen LogP contribution < -0.4 is 10.1 Å². The van der Waals surface area contributed by atoms with E-state index in [4.69, 9.17) is 4.74 Å². The summed E-state index contributed by atoms with van der Waals surface area (Å²) in [5, 5.41) is 3.27. The number of ether oxygens (including phenoxy) is 1. The summed E-state index contributed by atoms with van der Waals surface area (Å²) < 4.78 is 5.79. The summed E-state index contributed by atoms with van der Waals surface area (Å²) in [5.74, 6) is 2.59. The minimum Gasteiger partial charge on any atom is -0.493 e. The fourth-order valence-electron chi connectivity index (χ4n) is 3.50. The highest BCUT2D eigenvalue weighted by Gasteiger charge is 2.27. The smallest absolute Gasteiger partial charge is 0.122 e. The predicted molar refractivity (Wildman–Crippen MR) is 82.4 cm³/mol. The molecule has 2 aliphatic heterocycles. The molecule has 3 rings (SSSR count). The minimum atomic E-state index is 0.569. The van der Waals surface area contributed by atoms with Crippen LogP contribution in [0.3, 0.4) is 0 Å². The van der Waals surface area contributed by atoms with Crippen molar-refractivity contribution in [2.75, 3.05) is 39.8 Å². The second-order valence-electron chi connectivity index (χ2n) is 6.18. The third-order valence-electron chi connectivity index (χ3n) is 4.79. The Bertz CT molecular complexity index is 427. The van der Waals surface area contributed by atoms with Crippen molar-refractivity contribution in [3.05, 3.63) is 29.8 Å². The first-order valence-electron chi connectivity index (χ1n) is 7.95. The van der Waals surface area contributed by atoms with E-state index in [1.807, 2.05) is 7.05 Å². The quantitative estimate of drug-likeness (QED) is 0.893. The van der Waals surface area contributed by atoms with E-state index in [1.54, 1.807) is 0 Å². The first-order chi connectivity index (χ1) is 9.86. The first kappa shape index (κ1) is 13.9. The summed E-state index contributed by atoms with van der Waals surface area (Å²) in [5.41, 5.74) is 1.41. The lowest BCUT2D eigenvalue weighted by atomic mass is 9.92. The lowest BCUT2D eigenvalue weighted by Gasteiger charge is -2.33. The Balaban J connectivity index is 1.49. The second-order valence-corrected chi connectivity index (χ2v) is 6.18. The molecule has 1 aromatic carbocycles. The number of piperidine rings is 1. The van der Waals surface area contributed by atoms with Crippen LogP contribution in [0.1, 0.15) is 30.7 Å². The molecule has 1 N–H and O–H groups in total. The van der Waals surface area contributed by atoms with Gasteiger partial charge < -0.3 is 15.0 Å². The molecule has 0 aromatic heterocycles. The number of benzene rings is 1. The van der Waals surface area contributed by atoms with Gasteiger partial charge in [0.1, 0.15) is 5.75 Å². The molecule has 1 saturated heterocycles. The highest BCUT2D eigenvalue weighted by molar-refractivity contribution is 5.39. The standard InChI is InChI=1S/C17H26N2O/c1-18-9-6-14-7-10-19(11-8-14)12-15-13-20-17-5-3-2-4-16(15)17/h2-5,14-15,18H,6-13H2,1H3. The monoisotopic (exact) mass is 274 g/mol. The molecule has 0 radical (unpaired) electrons. The number of fused-ring (bicyclic) bond motifs is 1. The molecule has 2 heterocycles. The van der Waals surface area contributed by atoms with E-state index >= 15 is 0 Å². The van der Waals surface area contributed by atoms with Crippen molar-refractivity contribution in [1.29, 1.82) is 0 Å². The average molecular weight is 274 g/mol. The van der Waals surface area contributed by atoms with E-state index in [0.717, 1.165) is 31.4 Å². The molecule has 1 atom stereocenters. The minimum absolute atomic E-state index is 0.569. The van der Waals surface area contributed by atoms with Crippen LogP contribution in [0.25, 0.3) is 0 Å². The molecule has 3 heteroatoms. The molecular weight excluding hydrogens is 248 g/mol. The maximum absolute atomic E-state index is 5.79. The summed E-state index contributed by atoms with van der Waals surface area (Å²) in [6.07, 6.45) is 4.05. The van der Waals surface area contributed by atoms with E-state index < -0.39 is 0 Å². The number of nitrogens with one attached hydrogen (secondary N) is 1. The highest BCUT2D eigenvalue weighted by Crippen LogP contribution is 2.34.